The van der Waals surface area contributed by atoms with E-state index in [4.69, 9.17) is 26.8 Å². The van der Waals surface area contributed by atoms with Gasteiger partial charge in [-0.25, -0.2) is 0 Å². The third kappa shape index (κ3) is 2.22. The third-order valence-corrected chi connectivity index (χ3v) is 5.34. The molecule has 1 heterocycles. The number of rotatable bonds is 3. The maximum Gasteiger partial charge on any atom is 0.122 e. The lowest BCUT2D eigenvalue weighted by atomic mass is 9.48. The van der Waals surface area contributed by atoms with Crippen LogP contribution in [0.3, 0.4) is 0 Å². The van der Waals surface area contributed by atoms with Crippen molar-refractivity contribution in [3.8, 4) is 5.75 Å². The van der Waals surface area contributed by atoms with E-state index in [9.17, 15) is 0 Å². The van der Waals surface area contributed by atoms with Crippen LogP contribution >= 0.6 is 11.6 Å². The number of hydrogen-bond acceptors (Lipinski definition) is 3. The van der Waals surface area contributed by atoms with Crippen molar-refractivity contribution in [1.29, 1.82) is 0 Å². The summed E-state index contributed by atoms with van der Waals surface area (Å²) in [6.07, 6.45) is 4.54. The van der Waals surface area contributed by atoms with Crippen LogP contribution in [0.15, 0.2) is 18.2 Å². The Labute approximate surface area is 125 Å². The summed E-state index contributed by atoms with van der Waals surface area (Å²) in [4.78, 5) is 0. The quantitative estimate of drug-likeness (QED) is 0.932. The summed E-state index contributed by atoms with van der Waals surface area (Å²) in [6.45, 7) is 2.41. The van der Waals surface area contributed by atoms with Crippen LogP contribution in [0.25, 0.3) is 0 Å². The van der Waals surface area contributed by atoms with Crippen molar-refractivity contribution < 1.29 is 9.47 Å². The summed E-state index contributed by atoms with van der Waals surface area (Å²) in [6, 6.07) is 5.85. The van der Waals surface area contributed by atoms with Gasteiger partial charge >= 0.3 is 0 Å². The fourth-order valence-corrected chi connectivity index (χ4v) is 4.25. The van der Waals surface area contributed by atoms with Crippen LogP contribution in [0.5, 0.6) is 5.75 Å². The van der Waals surface area contributed by atoms with Gasteiger partial charge in [0.15, 0.2) is 0 Å². The van der Waals surface area contributed by atoms with E-state index in [0.29, 0.717) is 12.0 Å². The highest BCUT2D eigenvalue weighted by molar-refractivity contribution is 6.30. The number of hydrogen-bond donors (Lipinski definition) is 1. The van der Waals surface area contributed by atoms with Gasteiger partial charge in [0.05, 0.1) is 7.11 Å². The molecule has 3 nitrogen and oxygen atoms in total. The van der Waals surface area contributed by atoms with E-state index in [2.05, 4.69) is 0 Å². The lowest BCUT2D eigenvalue weighted by Crippen LogP contribution is -2.55. The SMILES string of the molecule is COc1ccc(Cl)cc1C1(CN)CC2(CCOCC2)C1. The standard InChI is InChI=1S/C16H22ClNO2/c1-19-14-3-2-12(17)8-13(14)16(11-18)9-15(10-16)4-6-20-7-5-15/h2-3,8H,4-7,9-11,18H2,1H3. The molecule has 20 heavy (non-hydrogen) atoms. The normalized spacial score (nSPS) is 23.4. The van der Waals surface area contributed by atoms with Gasteiger partial charge in [-0.15, -0.1) is 0 Å². The first-order chi connectivity index (χ1) is 9.63. The van der Waals surface area contributed by atoms with E-state index < -0.39 is 0 Å². The van der Waals surface area contributed by atoms with Gasteiger partial charge in [-0.1, -0.05) is 11.6 Å². The van der Waals surface area contributed by atoms with Gasteiger partial charge < -0.3 is 15.2 Å². The largest absolute Gasteiger partial charge is 0.496 e. The predicted molar refractivity (Wildman–Crippen MR) is 80.5 cm³/mol. The Morgan fingerprint density at radius 1 is 1.30 bits per heavy atom. The Morgan fingerprint density at radius 3 is 2.60 bits per heavy atom. The first-order valence-electron chi connectivity index (χ1n) is 7.25. The van der Waals surface area contributed by atoms with Crippen LogP contribution < -0.4 is 10.5 Å². The summed E-state index contributed by atoms with van der Waals surface area (Å²) >= 11 is 6.18. The molecule has 2 N–H and O–H groups in total. The Kier molecular flexibility index (Phi) is 3.69. The summed E-state index contributed by atoms with van der Waals surface area (Å²) in [5.41, 5.74) is 7.75. The van der Waals surface area contributed by atoms with Crippen LogP contribution in [0.1, 0.15) is 31.2 Å². The highest BCUT2D eigenvalue weighted by atomic mass is 35.5. The van der Waals surface area contributed by atoms with Crippen molar-refractivity contribution in [3.05, 3.63) is 28.8 Å². The maximum absolute atomic E-state index is 6.18. The van der Waals surface area contributed by atoms with Gasteiger partial charge in [0.1, 0.15) is 5.75 Å². The Bertz CT molecular complexity index is 489. The van der Waals surface area contributed by atoms with E-state index in [0.717, 1.165) is 49.7 Å². The summed E-state index contributed by atoms with van der Waals surface area (Å²) in [5, 5.41) is 0.751. The molecular weight excluding hydrogens is 274 g/mol. The molecule has 2 aliphatic rings. The van der Waals surface area contributed by atoms with Crippen molar-refractivity contribution in [2.75, 3.05) is 26.9 Å². The minimum absolute atomic E-state index is 0.0214. The van der Waals surface area contributed by atoms with E-state index in [1.165, 1.54) is 5.56 Å². The average molecular weight is 296 g/mol. The second-order valence-electron chi connectivity index (χ2n) is 6.29. The van der Waals surface area contributed by atoms with Crippen molar-refractivity contribution in [2.45, 2.75) is 31.1 Å². The molecule has 1 aromatic rings. The average Bonchev–Trinajstić information content (AvgIpc) is 2.45. The molecule has 110 valence electrons. The molecule has 3 rings (SSSR count). The topological polar surface area (TPSA) is 44.5 Å². The number of halogens is 1. The molecule has 0 bridgehead atoms. The summed E-state index contributed by atoms with van der Waals surface area (Å²) < 4.78 is 11.0. The van der Waals surface area contributed by atoms with Crippen LogP contribution in [-0.2, 0) is 10.2 Å². The molecule has 1 spiro atoms. The summed E-state index contributed by atoms with van der Waals surface area (Å²) in [5.74, 6) is 0.904. The zero-order chi connectivity index (χ0) is 14.2. The minimum atomic E-state index is 0.0214. The van der Waals surface area contributed by atoms with Gasteiger partial charge in [-0.05, 0) is 49.3 Å². The minimum Gasteiger partial charge on any atom is -0.496 e. The van der Waals surface area contributed by atoms with Crippen molar-refractivity contribution in [3.63, 3.8) is 0 Å². The van der Waals surface area contributed by atoms with Crippen LogP contribution in [0, 0.1) is 5.41 Å². The lowest BCUT2D eigenvalue weighted by Gasteiger charge is -2.58. The van der Waals surface area contributed by atoms with Gasteiger partial charge in [0.25, 0.3) is 0 Å². The molecule has 0 amide bonds. The molecule has 0 unspecified atom stereocenters. The molecule has 4 heteroatoms. The molecule has 2 fully saturated rings. The number of nitrogens with two attached hydrogens (primary N) is 1. The molecule has 0 atom stereocenters. The van der Waals surface area contributed by atoms with E-state index >= 15 is 0 Å². The smallest absolute Gasteiger partial charge is 0.122 e. The van der Waals surface area contributed by atoms with Crippen LogP contribution in [0.2, 0.25) is 5.02 Å². The van der Waals surface area contributed by atoms with Crippen molar-refractivity contribution in [1.82, 2.24) is 0 Å². The number of methoxy groups -OCH3 is 1. The predicted octanol–water partition coefficient (Wildman–Crippen LogP) is 3.14. The molecule has 1 saturated carbocycles. The first-order valence-corrected chi connectivity index (χ1v) is 7.63. The third-order valence-electron chi connectivity index (χ3n) is 5.10. The van der Waals surface area contributed by atoms with Gasteiger partial charge in [-0.2, -0.15) is 0 Å². The zero-order valence-electron chi connectivity index (χ0n) is 12.0. The number of benzene rings is 1. The fourth-order valence-electron chi connectivity index (χ4n) is 4.08. The molecule has 0 aromatic heterocycles. The highest BCUT2D eigenvalue weighted by Gasteiger charge is 2.55. The lowest BCUT2D eigenvalue weighted by molar-refractivity contribution is -0.0719. The molecule has 1 aliphatic carbocycles. The monoisotopic (exact) mass is 295 g/mol. The second kappa shape index (κ2) is 5.21. The first kappa shape index (κ1) is 14.2. The molecular formula is C16H22ClNO2. The van der Waals surface area contributed by atoms with Crippen molar-refractivity contribution in [2.24, 2.45) is 11.1 Å². The Morgan fingerprint density at radius 2 is 2.00 bits per heavy atom. The van der Waals surface area contributed by atoms with Crippen LogP contribution in [0.4, 0.5) is 0 Å². The molecule has 1 aliphatic heterocycles. The van der Waals surface area contributed by atoms with E-state index in [1.807, 2.05) is 18.2 Å². The van der Waals surface area contributed by atoms with Crippen molar-refractivity contribution >= 4 is 11.6 Å². The van der Waals surface area contributed by atoms with E-state index in [-0.39, 0.29) is 5.41 Å². The molecule has 1 aromatic carbocycles. The summed E-state index contributed by atoms with van der Waals surface area (Å²) in [7, 11) is 1.71. The molecule has 1 saturated heterocycles. The zero-order valence-corrected chi connectivity index (χ0v) is 12.7. The van der Waals surface area contributed by atoms with Gasteiger partial charge in [0, 0.05) is 35.8 Å². The van der Waals surface area contributed by atoms with Crippen LogP contribution in [-0.4, -0.2) is 26.9 Å². The molecule has 0 radical (unpaired) electrons. The number of ether oxygens (including phenoxy) is 2. The Balaban J connectivity index is 1.90. The Hall–Kier alpha value is -0.770. The second-order valence-corrected chi connectivity index (χ2v) is 6.73. The fraction of sp³-hybridized carbons (Fsp3) is 0.625. The van der Waals surface area contributed by atoms with Gasteiger partial charge in [0.2, 0.25) is 0 Å². The maximum atomic E-state index is 6.18. The van der Waals surface area contributed by atoms with Gasteiger partial charge in [-0.3, -0.25) is 0 Å². The van der Waals surface area contributed by atoms with E-state index in [1.54, 1.807) is 7.11 Å². The highest BCUT2D eigenvalue weighted by Crippen LogP contribution is 2.61.